The lowest BCUT2D eigenvalue weighted by molar-refractivity contribution is -0.0464. The Bertz CT molecular complexity index is 1250. The zero-order valence-electron chi connectivity index (χ0n) is 16.9. The number of aliphatic hydroxyl groups excluding tert-OH is 2. The zero-order valence-corrected chi connectivity index (χ0v) is 17.7. The van der Waals surface area contributed by atoms with Gasteiger partial charge in [0.05, 0.1) is 18.0 Å². The van der Waals surface area contributed by atoms with Gasteiger partial charge in [0.2, 0.25) is 0 Å². The van der Waals surface area contributed by atoms with Crippen molar-refractivity contribution in [2.75, 3.05) is 11.9 Å². The van der Waals surface area contributed by atoms with Crippen LogP contribution >= 0.6 is 0 Å². The average Bonchev–Trinajstić information content (AvgIpc) is 3.44. The van der Waals surface area contributed by atoms with E-state index < -0.39 is 41.5 Å². The molecule has 11 nitrogen and oxygen atoms in total. The Labute approximate surface area is 184 Å². The summed E-state index contributed by atoms with van der Waals surface area (Å²) >= 11 is 0. The number of benzene rings is 1. The predicted molar refractivity (Wildman–Crippen MR) is 114 cm³/mol. The molecule has 0 unspecified atom stereocenters. The van der Waals surface area contributed by atoms with Gasteiger partial charge in [-0.05, 0) is 30.0 Å². The van der Waals surface area contributed by atoms with Crippen molar-refractivity contribution in [1.29, 1.82) is 0 Å². The summed E-state index contributed by atoms with van der Waals surface area (Å²) in [6.45, 7) is -0.518. The van der Waals surface area contributed by atoms with Crippen LogP contribution in [-0.4, -0.2) is 58.1 Å². The Morgan fingerprint density at radius 3 is 2.84 bits per heavy atom. The normalized spacial score (nSPS) is 27.7. The zero-order chi connectivity index (χ0) is 22.5. The Kier molecular flexibility index (Phi) is 5.35. The second-order valence-corrected chi connectivity index (χ2v) is 9.16. The van der Waals surface area contributed by atoms with E-state index in [1.54, 1.807) is 16.8 Å². The summed E-state index contributed by atoms with van der Waals surface area (Å²) in [5, 5.41) is 29.8. The lowest BCUT2D eigenvalue weighted by Gasteiger charge is -2.18. The van der Waals surface area contributed by atoms with Crippen LogP contribution in [0.4, 0.5) is 5.82 Å². The molecule has 5 N–H and O–H groups in total. The average molecular weight is 462 g/mol. The van der Waals surface area contributed by atoms with E-state index in [4.69, 9.17) is 9.88 Å². The molecule has 5 rings (SSSR count). The third kappa shape index (κ3) is 3.85. The maximum atomic E-state index is 11.0. The van der Waals surface area contributed by atoms with Crippen molar-refractivity contribution in [2.24, 2.45) is 5.14 Å². The van der Waals surface area contributed by atoms with Crippen LogP contribution in [0.5, 0.6) is 0 Å². The van der Waals surface area contributed by atoms with Gasteiger partial charge in [-0.2, -0.15) is 8.42 Å². The number of hydrogen-bond donors (Lipinski definition) is 4. The number of fused-ring (bicyclic) bond motifs is 2. The third-order valence-corrected chi connectivity index (χ3v) is 6.43. The molecule has 1 aromatic carbocycles. The molecule has 1 fully saturated rings. The van der Waals surface area contributed by atoms with E-state index in [-0.39, 0.29) is 6.04 Å². The SMILES string of the molecule is NS(=O)(=O)OC[C@H]1O[C@@H](n2ccc3c(N[C@H]4CCc5ccccc54)ncnc32)[C@H](O)[C@@H]1O. The van der Waals surface area contributed by atoms with Crippen LogP contribution in [0, 0.1) is 0 Å². The first-order valence-electron chi connectivity index (χ1n) is 10.2. The van der Waals surface area contributed by atoms with Gasteiger partial charge in [-0.3, -0.25) is 4.18 Å². The molecule has 2 aromatic heterocycles. The van der Waals surface area contributed by atoms with E-state index in [2.05, 4.69) is 31.6 Å². The largest absolute Gasteiger partial charge is 0.387 e. The summed E-state index contributed by atoms with van der Waals surface area (Å²) in [6.07, 6.45) is 0.268. The molecule has 1 saturated heterocycles. The number of rotatable bonds is 6. The van der Waals surface area contributed by atoms with Gasteiger partial charge in [-0.15, -0.1) is 0 Å². The molecule has 3 heterocycles. The fraction of sp³-hybridized carbons (Fsp3) is 0.400. The molecule has 32 heavy (non-hydrogen) atoms. The van der Waals surface area contributed by atoms with Crippen molar-refractivity contribution in [3.8, 4) is 0 Å². The molecular formula is C20H23N5O6S. The van der Waals surface area contributed by atoms with Gasteiger partial charge < -0.3 is 24.8 Å². The summed E-state index contributed by atoms with van der Waals surface area (Å²) < 4.78 is 33.9. The number of nitrogens with one attached hydrogen (secondary N) is 1. The highest BCUT2D eigenvalue weighted by Gasteiger charge is 2.44. The highest BCUT2D eigenvalue weighted by molar-refractivity contribution is 7.84. The molecule has 170 valence electrons. The summed E-state index contributed by atoms with van der Waals surface area (Å²) in [5.41, 5.74) is 3.06. The van der Waals surface area contributed by atoms with Crippen molar-refractivity contribution in [3.63, 3.8) is 0 Å². The highest BCUT2D eigenvalue weighted by atomic mass is 32.2. The number of nitrogens with two attached hydrogens (primary N) is 1. The number of aliphatic hydroxyl groups is 2. The first kappa shape index (κ1) is 21.2. The molecule has 0 saturated carbocycles. The van der Waals surface area contributed by atoms with Gasteiger partial charge in [-0.25, -0.2) is 15.1 Å². The molecule has 12 heteroatoms. The number of aryl methyl sites for hydroxylation is 1. The quantitative estimate of drug-likeness (QED) is 0.406. The lowest BCUT2D eigenvalue weighted by Crippen LogP contribution is -2.35. The Hall–Kier alpha value is -2.61. The molecular weight excluding hydrogens is 438 g/mol. The Balaban J connectivity index is 1.40. The number of nitrogens with zero attached hydrogens (tertiary/aromatic N) is 3. The molecule has 2 aliphatic rings. The van der Waals surface area contributed by atoms with Crippen LogP contribution < -0.4 is 10.5 Å². The minimum absolute atomic E-state index is 0.127. The summed E-state index contributed by atoms with van der Waals surface area (Å²) in [7, 11) is -4.21. The van der Waals surface area contributed by atoms with Gasteiger partial charge in [-0.1, -0.05) is 24.3 Å². The number of anilines is 1. The fourth-order valence-electron chi connectivity index (χ4n) is 4.42. The maximum Gasteiger partial charge on any atom is 0.333 e. The molecule has 1 aliphatic carbocycles. The number of aromatic nitrogens is 3. The molecule has 1 aliphatic heterocycles. The molecule has 0 radical (unpaired) electrons. The fourth-order valence-corrected chi connectivity index (χ4v) is 4.75. The van der Waals surface area contributed by atoms with Gasteiger partial charge in [0, 0.05) is 6.20 Å². The summed E-state index contributed by atoms with van der Waals surface area (Å²) in [6, 6.07) is 10.2. The third-order valence-electron chi connectivity index (χ3n) is 5.96. The van der Waals surface area contributed by atoms with Crippen LogP contribution in [0.2, 0.25) is 0 Å². The van der Waals surface area contributed by atoms with Gasteiger partial charge in [0.15, 0.2) is 6.23 Å². The first-order valence-corrected chi connectivity index (χ1v) is 11.6. The second kappa shape index (κ2) is 8.06. The minimum Gasteiger partial charge on any atom is -0.387 e. The monoisotopic (exact) mass is 461 g/mol. The molecule has 0 spiro atoms. The van der Waals surface area contributed by atoms with Crippen molar-refractivity contribution in [2.45, 2.75) is 43.4 Å². The summed E-state index contributed by atoms with van der Waals surface area (Å²) in [4.78, 5) is 8.73. The van der Waals surface area contributed by atoms with E-state index in [0.29, 0.717) is 11.5 Å². The van der Waals surface area contributed by atoms with Gasteiger partial charge in [0.1, 0.15) is 36.1 Å². The molecule has 0 amide bonds. The standard InChI is InChI=1S/C20H23N5O6S/c21-32(28,29)30-9-15-16(26)17(27)20(31-15)25-8-7-13-18(22-10-23-19(13)25)24-14-6-5-11-3-1-2-4-12(11)14/h1-4,7-8,10,14-17,20,26-27H,5-6,9H2,(H2,21,28,29)(H,22,23,24)/t14-,15+,16+,17+,20+/m0/s1. The summed E-state index contributed by atoms with van der Waals surface area (Å²) in [5.74, 6) is 0.651. The predicted octanol–water partition coefficient (Wildman–Crippen LogP) is 0.370. The number of ether oxygens (including phenoxy) is 1. The van der Waals surface area contributed by atoms with Crippen molar-refractivity contribution in [1.82, 2.24) is 14.5 Å². The van der Waals surface area contributed by atoms with E-state index in [1.165, 1.54) is 17.5 Å². The first-order chi connectivity index (χ1) is 15.3. The maximum absolute atomic E-state index is 11.0. The smallest absolute Gasteiger partial charge is 0.333 e. The van der Waals surface area contributed by atoms with Crippen LogP contribution in [0.25, 0.3) is 11.0 Å². The lowest BCUT2D eigenvalue weighted by atomic mass is 10.1. The molecule has 0 bridgehead atoms. The molecule has 3 aromatic rings. The number of hydrogen-bond acceptors (Lipinski definition) is 9. The van der Waals surface area contributed by atoms with Crippen LogP contribution in [0.1, 0.15) is 29.8 Å². The van der Waals surface area contributed by atoms with Crippen LogP contribution in [-0.2, 0) is 25.6 Å². The second-order valence-electron chi connectivity index (χ2n) is 7.94. The van der Waals surface area contributed by atoms with E-state index in [0.717, 1.165) is 18.2 Å². The van der Waals surface area contributed by atoms with Gasteiger partial charge >= 0.3 is 10.3 Å². The van der Waals surface area contributed by atoms with Crippen LogP contribution in [0.3, 0.4) is 0 Å². The minimum atomic E-state index is -4.21. The highest BCUT2D eigenvalue weighted by Crippen LogP contribution is 2.36. The molecule has 5 atom stereocenters. The van der Waals surface area contributed by atoms with E-state index in [1.807, 2.05) is 12.1 Å². The van der Waals surface area contributed by atoms with Crippen molar-refractivity contribution >= 4 is 27.2 Å². The topological polar surface area (TPSA) is 162 Å². The van der Waals surface area contributed by atoms with Gasteiger partial charge in [0.25, 0.3) is 0 Å². The van der Waals surface area contributed by atoms with Crippen molar-refractivity contribution in [3.05, 3.63) is 54.0 Å². The Morgan fingerprint density at radius 1 is 1.22 bits per heavy atom. The van der Waals surface area contributed by atoms with Crippen LogP contribution in [0.15, 0.2) is 42.9 Å². The van der Waals surface area contributed by atoms with Crippen molar-refractivity contribution < 1.29 is 27.6 Å². The van der Waals surface area contributed by atoms with E-state index >= 15 is 0 Å². The Morgan fingerprint density at radius 2 is 2.03 bits per heavy atom. The van der Waals surface area contributed by atoms with E-state index in [9.17, 15) is 18.6 Å².